The number of imide groups is 1. The molecule has 30 heavy (non-hydrogen) atoms. The largest absolute Gasteiger partial charge is 0.367 e. The second kappa shape index (κ2) is 7.29. The van der Waals surface area contributed by atoms with Crippen molar-refractivity contribution in [2.75, 3.05) is 5.32 Å². The normalized spacial score (nSPS) is 27.0. The van der Waals surface area contributed by atoms with Crippen LogP contribution in [-0.4, -0.2) is 38.8 Å². The molecule has 6 nitrogen and oxygen atoms in total. The minimum Gasteiger partial charge on any atom is -0.367 e. The highest BCUT2D eigenvalue weighted by Crippen LogP contribution is 2.43. The summed E-state index contributed by atoms with van der Waals surface area (Å²) in [6, 6.07) is 0.435. The Balaban J connectivity index is 1.25. The highest BCUT2D eigenvalue weighted by atomic mass is 32.1. The van der Waals surface area contributed by atoms with Crippen LogP contribution in [0.1, 0.15) is 86.4 Å². The molecule has 2 aromatic heterocycles. The lowest BCUT2D eigenvalue weighted by molar-refractivity contribution is -0.141. The standard InChI is InChI=1S/C23H28N4O2S/c28-18-11-12-19(29)27(18)15-9-7-14(8-10-15)24-22-20-16-3-1-2-4-17(16)30-23(20)26-21(25-22)13-5-6-13/h13-15H,1-12H2,(H,24,25,26). The van der Waals surface area contributed by atoms with Crippen molar-refractivity contribution in [1.82, 2.24) is 14.9 Å². The van der Waals surface area contributed by atoms with Gasteiger partial charge in [-0.15, -0.1) is 11.3 Å². The molecule has 158 valence electrons. The van der Waals surface area contributed by atoms with Crippen molar-refractivity contribution in [3.05, 3.63) is 16.3 Å². The smallest absolute Gasteiger partial charge is 0.229 e. The van der Waals surface area contributed by atoms with E-state index in [-0.39, 0.29) is 17.9 Å². The number of likely N-dealkylation sites (tertiary alicyclic amines) is 1. The maximum absolute atomic E-state index is 12.1. The zero-order valence-corrected chi connectivity index (χ0v) is 18.1. The van der Waals surface area contributed by atoms with Crippen molar-refractivity contribution >= 4 is 39.2 Å². The van der Waals surface area contributed by atoms with E-state index >= 15 is 0 Å². The molecule has 2 aromatic rings. The first kappa shape index (κ1) is 18.7. The van der Waals surface area contributed by atoms with E-state index in [4.69, 9.17) is 9.97 Å². The molecule has 0 bridgehead atoms. The quantitative estimate of drug-likeness (QED) is 0.740. The predicted octanol–water partition coefficient (Wildman–Crippen LogP) is 4.32. The Morgan fingerprint density at radius 2 is 1.60 bits per heavy atom. The molecule has 0 unspecified atom stereocenters. The van der Waals surface area contributed by atoms with Crippen LogP contribution in [0, 0.1) is 0 Å². The number of hydrogen-bond donors (Lipinski definition) is 1. The third kappa shape index (κ3) is 3.22. The first-order valence-corrected chi connectivity index (χ1v) is 12.4. The second-order valence-corrected chi connectivity index (χ2v) is 10.5. The zero-order valence-electron chi connectivity index (χ0n) is 17.3. The van der Waals surface area contributed by atoms with Gasteiger partial charge in [0.25, 0.3) is 0 Å². The first-order valence-electron chi connectivity index (χ1n) is 11.6. The lowest BCUT2D eigenvalue weighted by atomic mass is 9.90. The van der Waals surface area contributed by atoms with Gasteiger partial charge in [0.05, 0.1) is 5.39 Å². The number of aryl methyl sites for hydroxylation is 2. The lowest BCUT2D eigenvalue weighted by Gasteiger charge is -2.34. The van der Waals surface area contributed by atoms with Gasteiger partial charge in [-0.1, -0.05) is 0 Å². The monoisotopic (exact) mass is 424 g/mol. The topological polar surface area (TPSA) is 75.2 Å². The molecule has 0 atom stereocenters. The van der Waals surface area contributed by atoms with Crippen LogP contribution in [0.2, 0.25) is 0 Å². The van der Waals surface area contributed by atoms with Crippen LogP contribution in [0.25, 0.3) is 10.2 Å². The molecular weight excluding hydrogens is 396 g/mol. The molecule has 7 heteroatoms. The third-order valence-electron chi connectivity index (χ3n) is 7.27. The van der Waals surface area contributed by atoms with Gasteiger partial charge in [0, 0.05) is 35.7 Å². The molecule has 1 saturated heterocycles. The summed E-state index contributed by atoms with van der Waals surface area (Å²) in [7, 11) is 0. The maximum Gasteiger partial charge on any atom is 0.229 e. The summed E-state index contributed by atoms with van der Waals surface area (Å²) in [5.41, 5.74) is 1.48. The van der Waals surface area contributed by atoms with Crippen LogP contribution in [0.3, 0.4) is 0 Å². The number of thiophene rings is 1. The fourth-order valence-electron chi connectivity index (χ4n) is 5.48. The number of nitrogens with one attached hydrogen (secondary N) is 1. The molecule has 3 fully saturated rings. The Morgan fingerprint density at radius 3 is 2.33 bits per heavy atom. The molecule has 3 heterocycles. The summed E-state index contributed by atoms with van der Waals surface area (Å²) in [5, 5.41) is 5.05. The number of aromatic nitrogens is 2. The number of amides is 2. The molecule has 1 aliphatic heterocycles. The van der Waals surface area contributed by atoms with E-state index in [0.29, 0.717) is 24.8 Å². The van der Waals surface area contributed by atoms with Crippen molar-refractivity contribution < 1.29 is 9.59 Å². The minimum atomic E-state index is 0.0212. The van der Waals surface area contributed by atoms with E-state index in [1.165, 1.54) is 52.8 Å². The number of fused-ring (bicyclic) bond motifs is 3. The highest BCUT2D eigenvalue weighted by molar-refractivity contribution is 7.19. The summed E-state index contributed by atoms with van der Waals surface area (Å²) in [6.45, 7) is 0. The molecule has 0 spiro atoms. The molecule has 4 aliphatic rings. The number of nitrogens with zero attached hydrogens (tertiary/aromatic N) is 3. The molecule has 1 N–H and O–H groups in total. The first-order chi connectivity index (χ1) is 14.7. The fourth-order valence-corrected chi connectivity index (χ4v) is 6.74. The van der Waals surface area contributed by atoms with Gasteiger partial charge in [-0.2, -0.15) is 0 Å². The number of anilines is 1. The maximum atomic E-state index is 12.1. The van der Waals surface area contributed by atoms with Crippen LogP contribution in [0.15, 0.2) is 0 Å². The van der Waals surface area contributed by atoms with E-state index in [0.717, 1.165) is 43.7 Å². The van der Waals surface area contributed by atoms with E-state index in [2.05, 4.69) is 5.32 Å². The third-order valence-corrected chi connectivity index (χ3v) is 8.45. The van der Waals surface area contributed by atoms with Gasteiger partial charge >= 0.3 is 0 Å². The Hall–Kier alpha value is -2.02. The number of rotatable bonds is 4. The van der Waals surface area contributed by atoms with Crippen molar-refractivity contribution in [2.24, 2.45) is 0 Å². The van der Waals surface area contributed by atoms with E-state index < -0.39 is 0 Å². The van der Waals surface area contributed by atoms with Gasteiger partial charge in [-0.3, -0.25) is 14.5 Å². The van der Waals surface area contributed by atoms with E-state index in [9.17, 15) is 9.59 Å². The molecule has 6 rings (SSSR count). The van der Waals surface area contributed by atoms with Gasteiger partial charge in [-0.25, -0.2) is 9.97 Å². The Kier molecular flexibility index (Phi) is 4.55. The highest BCUT2D eigenvalue weighted by Gasteiger charge is 2.37. The van der Waals surface area contributed by atoms with Crippen LogP contribution < -0.4 is 5.32 Å². The SMILES string of the molecule is O=C1CCC(=O)N1C1CCC(Nc2nc(C3CC3)nc3sc4c(c23)CCCC4)CC1. The number of carbonyl (C=O) groups is 2. The zero-order chi connectivity index (χ0) is 20.2. The van der Waals surface area contributed by atoms with Gasteiger partial charge in [0.2, 0.25) is 11.8 Å². The summed E-state index contributed by atoms with van der Waals surface area (Å²) in [5.74, 6) is 2.64. The van der Waals surface area contributed by atoms with Gasteiger partial charge in [0.15, 0.2) is 0 Å². The Morgan fingerprint density at radius 1 is 0.867 bits per heavy atom. The molecule has 3 aliphatic carbocycles. The predicted molar refractivity (Wildman–Crippen MR) is 117 cm³/mol. The summed E-state index contributed by atoms with van der Waals surface area (Å²) in [6.07, 6.45) is 11.8. The lowest BCUT2D eigenvalue weighted by Crippen LogP contribution is -2.43. The molecular formula is C23H28N4O2S. The van der Waals surface area contributed by atoms with Crippen LogP contribution in [-0.2, 0) is 22.4 Å². The van der Waals surface area contributed by atoms with Gasteiger partial charge < -0.3 is 5.32 Å². The van der Waals surface area contributed by atoms with Crippen molar-refractivity contribution in [3.63, 3.8) is 0 Å². The average molecular weight is 425 g/mol. The van der Waals surface area contributed by atoms with Gasteiger partial charge in [-0.05, 0) is 69.8 Å². The minimum absolute atomic E-state index is 0.0212. The average Bonchev–Trinajstić information content (AvgIpc) is 3.46. The van der Waals surface area contributed by atoms with Crippen molar-refractivity contribution in [1.29, 1.82) is 0 Å². The van der Waals surface area contributed by atoms with E-state index in [1.807, 2.05) is 11.3 Å². The fraction of sp³-hybridized carbons (Fsp3) is 0.652. The van der Waals surface area contributed by atoms with Crippen molar-refractivity contribution in [3.8, 4) is 0 Å². The summed E-state index contributed by atoms with van der Waals surface area (Å²) < 4.78 is 0. The molecule has 0 radical (unpaired) electrons. The Bertz CT molecular complexity index is 1000. The number of hydrogen-bond acceptors (Lipinski definition) is 6. The van der Waals surface area contributed by atoms with Crippen LogP contribution in [0.4, 0.5) is 5.82 Å². The summed E-state index contributed by atoms with van der Waals surface area (Å²) in [4.78, 5) is 38.4. The van der Waals surface area contributed by atoms with Crippen LogP contribution >= 0.6 is 11.3 Å². The number of carbonyl (C=O) groups excluding carboxylic acids is 2. The molecule has 0 aromatic carbocycles. The molecule has 2 saturated carbocycles. The molecule has 2 amide bonds. The van der Waals surface area contributed by atoms with Crippen LogP contribution in [0.5, 0.6) is 0 Å². The van der Waals surface area contributed by atoms with Gasteiger partial charge in [0.1, 0.15) is 16.5 Å². The van der Waals surface area contributed by atoms with E-state index in [1.54, 1.807) is 4.90 Å². The second-order valence-electron chi connectivity index (χ2n) is 9.40. The Labute approximate surface area is 180 Å². The summed E-state index contributed by atoms with van der Waals surface area (Å²) >= 11 is 1.88. The van der Waals surface area contributed by atoms with Crippen molar-refractivity contribution in [2.45, 2.75) is 95.1 Å².